The summed E-state index contributed by atoms with van der Waals surface area (Å²) < 4.78 is 7.31. The molecular formula is C40H88N6S2. The molecule has 290 valence electrons. The first kappa shape index (κ1) is 48.5. The third-order valence-electron chi connectivity index (χ3n) is 9.25. The van der Waals surface area contributed by atoms with Crippen molar-refractivity contribution < 1.29 is 0 Å². The molecule has 0 aromatic rings. The molecule has 6 N–H and O–H groups in total. The molecule has 0 aliphatic heterocycles. The zero-order valence-corrected chi connectivity index (χ0v) is 34.3. The van der Waals surface area contributed by atoms with Crippen molar-refractivity contribution in [2.45, 2.75) is 181 Å². The molecule has 0 fully saturated rings. The van der Waals surface area contributed by atoms with Crippen LogP contribution in [-0.2, 0) is 0 Å². The summed E-state index contributed by atoms with van der Waals surface area (Å²) in [5.74, 6) is 2.52. The topological polar surface area (TPSA) is 77.4 Å². The Morgan fingerprint density at radius 2 is 0.708 bits per heavy atom. The molecule has 0 aromatic carbocycles. The van der Waals surface area contributed by atoms with Gasteiger partial charge in [-0.2, -0.15) is 0 Å². The quantitative estimate of drug-likeness (QED) is 0.0315. The molecule has 0 heterocycles. The summed E-state index contributed by atoms with van der Waals surface area (Å²) in [5, 5.41) is 7.16. The molecule has 0 saturated carbocycles. The second-order valence-electron chi connectivity index (χ2n) is 14.1. The summed E-state index contributed by atoms with van der Waals surface area (Å²) >= 11 is 3.91. The molecule has 0 aliphatic rings. The molecule has 0 rings (SSSR count). The number of hydrogen-bond donors (Lipinski definition) is 5. The van der Waals surface area contributed by atoms with Gasteiger partial charge in [-0.1, -0.05) is 153 Å². The van der Waals surface area contributed by atoms with Crippen molar-refractivity contribution in [3.8, 4) is 0 Å². The Balaban J connectivity index is 3.89. The number of hydrogen-bond acceptors (Lipinski definition) is 8. The third kappa shape index (κ3) is 42.6. The summed E-state index contributed by atoms with van der Waals surface area (Å²) in [4.78, 5) is 2.71. The van der Waals surface area contributed by atoms with Gasteiger partial charge in [0, 0.05) is 24.6 Å². The normalized spacial score (nSPS) is 11.8. The second-order valence-corrected chi connectivity index (χ2v) is 16.1. The minimum atomic E-state index is 0.787. The van der Waals surface area contributed by atoms with Gasteiger partial charge in [-0.15, -0.1) is 0 Å². The molecule has 8 heteroatoms. The minimum Gasteiger partial charge on any atom is -0.330 e. The van der Waals surface area contributed by atoms with Gasteiger partial charge in [-0.3, -0.25) is 9.44 Å². The van der Waals surface area contributed by atoms with Crippen LogP contribution in [0.4, 0.5) is 0 Å². The summed E-state index contributed by atoms with van der Waals surface area (Å²) in [5.41, 5.74) is 5.56. The number of unbranched alkanes of at least 4 members (excludes halogenated alkanes) is 19. The number of nitrogens with zero attached hydrogens (tertiary/aromatic N) is 1. The van der Waals surface area contributed by atoms with E-state index in [9.17, 15) is 0 Å². The van der Waals surface area contributed by atoms with Crippen LogP contribution in [0.1, 0.15) is 181 Å². The molecule has 0 spiro atoms. The Kier molecular flexibility index (Phi) is 45.9. The van der Waals surface area contributed by atoms with Gasteiger partial charge in [0.1, 0.15) is 0 Å². The van der Waals surface area contributed by atoms with E-state index in [1.165, 1.54) is 192 Å². The molecule has 0 unspecified atom stereocenters. The minimum absolute atomic E-state index is 0.787. The highest BCUT2D eigenvalue weighted by molar-refractivity contribution is 7.97. The van der Waals surface area contributed by atoms with E-state index in [1.54, 1.807) is 0 Å². The van der Waals surface area contributed by atoms with Crippen LogP contribution in [-0.4, -0.2) is 81.9 Å². The Labute approximate surface area is 311 Å². The van der Waals surface area contributed by atoms with Gasteiger partial charge in [0.25, 0.3) is 0 Å². The largest absolute Gasteiger partial charge is 0.330 e. The first-order valence-electron chi connectivity index (χ1n) is 21.4. The number of nitrogens with two attached hydrogens (primary N) is 1. The van der Waals surface area contributed by atoms with Crippen LogP contribution in [0.2, 0.25) is 0 Å². The lowest BCUT2D eigenvalue weighted by Gasteiger charge is -2.22. The van der Waals surface area contributed by atoms with Crippen LogP contribution < -0.4 is 25.8 Å². The fourth-order valence-electron chi connectivity index (χ4n) is 6.10. The maximum atomic E-state index is 5.56. The molecule has 0 radical (unpaired) electrons. The number of rotatable bonds is 44. The van der Waals surface area contributed by atoms with Crippen molar-refractivity contribution in [3.63, 3.8) is 0 Å². The van der Waals surface area contributed by atoms with E-state index < -0.39 is 0 Å². The van der Waals surface area contributed by atoms with E-state index in [2.05, 4.69) is 38.8 Å². The lowest BCUT2D eigenvalue weighted by Crippen LogP contribution is -2.32. The first-order chi connectivity index (χ1) is 23.8. The van der Waals surface area contributed by atoms with Gasteiger partial charge >= 0.3 is 0 Å². The molecule has 0 atom stereocenters. The molecule has 0 aromatic heterocycles. The highest BCUT2D eigenvalue weighted by Crippen LogP contribution is 2.13. The lowest BCUT2D eigenvalue weighted by molar-refractivity contribution is 0.264. The van der Waals surface area contributed by atoms with Gasteiger partial charge in [-0.25, -0.2) is 0 Å². The van der Waals surface area contributed by atoms with Crippen LogP contribution in [0.25, 0.3) is 0 Å². The molecule has 48 heavy (non-hydrogen) atoms. The summed E-state index contributed by atoms with van der Waals surface area (Å²) in [6, 6.07) is 0. The Bertz CT molecular complexity index is 526. The van der Waals surface area contributed by atoms with Crippen molar-refractivity contribution >= 4 is 23.9 Å². The number of nitrogens with one attached hydrogen (secondary N) is 4. The third-order valence-corrected chi connectivity index (χ3v) is 11.1. The van der Waals surface area contributed by atoms with Gasteiger partial charge in [0.15, 0.2) is 0 Å². The first-order valence-corrected chi connectivity index (χ1v) is 23.3. The van der Waals surface area contributed by atoms with E-state index >= 15 is 0 Å². The predicted octanol–water partition coefficient (Wildman–Crippen LogP) is 10.1. The van der Waals surface area contributed by atoms with Gasteiger partial charge in [-0.05, 0) is 104 Å². The van der Waals surface area contributed by atoms with Crippen LogP contribution in [0.5, 0.6) is 0 Å². The fourth-order valence-corrected chi connectivity index (χ4v) is 7.66. The van der Waals surface area contributed by atoms with Crippen LogP contribution >= 0.6 is 23.9 Å². The van der Waals surface area contributed by atoms with E-state index in [0.717, 1.165) is 52.2 Å². The molecule has 0 saturated heterocycles. The fraction of sp³-hybridized carbons (Fsp3) is 1.00. The highest BCUT2D eigenvalue weighted by atomic mass is 32.2. The standard InChI is InChI=1S/C40H88N6S2/c1-3-5-7-9-11-13-15-17-19-23-39-47-44-34-27-37-46(36-26-33-43-31-22-21-30-42-32-25-29-41)38-28-35-45-48-40-24-20-18-16-14-12-10-8-6-4-2/h42-45H,3-41H2,1-2H3. The average Bonchev–Trinajstić information content (AvgIpc) is 3.10. The lowest BCUT2D eigenvalue weighted by atomic mass is 10.1. The van der Waals surface area contributed by atoms with Gasteiger partial charge in [0.05, 0.1) is 0 Å². The summed E-state index contributed by atoms with van der Waals surface area (Å²) in [6.45, 7) is 15.7. The van der Waals surface area contributed by atoms with Crippen molar-refractivity contribution in [2.24, 2.45) is 5.73 Å². The molecule has 0 aliphatic carbocycles. The monoisotopic (exact) mass is 717 g/mol. The maximum Gasteiger partial charge on any atom is 0.00786 e. The Hall–Kier alpha value is 0.460. The second kappa shape index (κ2) is 45.5. The van der Waals surface area contributed by atoms with Crippen molar-refractivity contribution in [2.75, 3.05) is 77.0 Å². The van der Waals surface area contributed by atoms with E-state index in [1.807, 2.05) is 23.9 Å². The zero-order valence-electron chi connectivity index (χ0n) is 32.7. The average molecular weight is 717 g/mol. The van der Waals surface area contributed by atoms with E-state index in [4.69, 9.17) is 5.73 Å². The van der Waals surface area contributed by atoms with Crippen LogP contribution in [0.3, 0.4) is 0 Å². The Morgan fingerprint density at radius 1 is 0.375 bits per heavy atom. The van der Waals surface area contributed by atoms with Crippen molar-refractivity contribution in [1.82, 2.24) is 25.0 Å². The molecule has 0 bridgehead atoms. The summed E-state index contributed by atoms with van der Waals surface area (Å²) in [6.07, 6.45) is 35.7. The van der Waals surface area contributed by atoms with E-state index in [0.29, 0.717) is 0 Å². The Morgan fingerprint density at radius 3 is 1.10 bits per heavy atom. The highest BCUT2D eigenvalue weighted by Gasteiger charge is 2.05. The smallest absolute Gasteiger partial charge is 0.00786 e. The maximum absolute atomic E-state index is 5.56. The van der Waals surface area contributed by atoms with Crippen molar-refractivity contribution in [3.05, 3.63) is 0 Å². The predicted molar refractivity (Wildman–Crippen MR) is 224 cm³/mol. The zero-order chi connectivity index (χ0) is 34.7. The SMILES string of the molecule is CCCCCCCCCCCCSNCCCN(CCCNCCCCNCCCN)CCCNSCCCCCCCCCCCC. The molecule has 6 nitrogen and oxygen atoms in total. The van der Waals surface area contributed by atoms with Crippen LogP contribution in [0, 0.1) is 0 Å². The van der Waals surface area contributed by atoms with Gasteiger partial charge in [0.2, 0.25) is 0 Å². The van der Waals surface area contributed by atoms with Gasteiger partial charge < -0.3 is 21.3 Å². The van der Waals surface area contributed by atoms with Crippen LogP contribution in [0.15, 0.2) is 0 Å². The molecule has 0 amide bonds. The van der Waals surface area contributed by atoms with Crippen molar-refractivity contribution in [1.29, 1.82) is 0 Å². The van der Waals surface area contributed by atoms with E-state index in [-0.39, 0.29) is 0 Å². The summed E-state index contributed by atoms with van der Waals surface area (Å²) in [7, 11) is 0. The molecular weight excluding hydrogens is 629 g/mol.